The number of halogens is 2. The van der Waals surface area contributed by atoms with E-state index in [1.54, 1.807) is 14.2 Å². The molecule has 4 nitrogen and oxygen atoms in total. The number of benzene rings is 3. The highest BCUT2D eigenvalue weighted by Crippen LogP contribution is 2.36. The van der Waals surface area contributed by atoms with Crippen LogP contribution in [0.4, 0.5) is 0 Å². The first-order valence-corrected chi connectivity index (χ1v) is 10.5. The molecule has 152 valence electrons. The maximum Gasteiger partial charge on any atom is 0.174 e. The van der Waals surface area contributed by atoms with Crippen LogP contribution in [0.1, 0.15) is 16.7 Å². The van der Waals surface area contributed by atoms with Crippen LogP contribution in [0.3, 0.4) is 0 Å². The SMILES string of the molecule is COc1ccc(/C(C#N)=C/c2cc(I)c(OCc3ccccc3Cl)c(OC)c2)cc1. The zero-order valence-corrected chi connectivity index (χ0v) is 19.4. The quantitative estimate of drug-likeness (QED) is 0.196. The fourth-order valence-corrected chi connectivity index (χ4v) is 3.82. The fourth-order valence-electron chi connectivity index (χ4n) is 2.85. The van der Waals surface area contributed by atoms with Crippen LogP contribution in [-0.4, -0.2) is 14.2 Å². The van der Waals surface area contributed by atoms with Gasteiger partial charge in [-0.25, -0.2) is 0 Å². The number of ether oxygens (including phenoxy) is 3. The first kappa shape index (κ1) is 22.0. The van der Waals surface area contributed by atoms with Crippen molar-refractivity contribution in [3.8, 4) is 23.3 Å². The Labute approximate surface area is 194 Å². The molecule has 6 heteroatoms. The Kier molecular flexibility index (Phi) is 7.61. The van der Waals surface area contributed by atoms with Gasteiger partial charge in [0.15, 0.2) is 11.5 Å². The molecule has 0 heterocycles. The van der Waals surface area contributed by atoms with Crippen LogP contribution in [0.5, 0.6) is 17.2 Å². The van der Waals surface area contributed by atoms with Crippen LogP contribution in [0.2, 0.25) is 5.02 Å². The van der Waals surface area contributed by atoms with E-state index in [1.807, 2.05) is 66.7 Å². The normalized spacial score (nSPS) is 11.0. The van der Waals surface area contributed by atoms with Crippen molar-refractivity contribution in [3.05, 3.63) is 85.9 Å². The smallest absolute Gasteiger partial charge is 0.174 e. The third kappa shape index (κ3) is 5.26. The van der Waals surface area contributed by atoms with E-state index in [9.17, 15) is 5.26 Å². The minimum absolute atomic E-state index is 0.330. The lowest BCUT2D eigenvalue weighted by Crippen LogP contribution is -2.00. The summed E-state index contributed by atoms with van der Waals surface area (Å²) >= 11 is 8.42. The largest absolute Gasteiger partial charge is 0.497 e. The van der Waals surface area contributed by atoms with Crippen molar-refractivity contribution in [2.24, 2.45) is 0 Å². The van der Waals surface area contributed by atoms with Gasteiger partial charge in [0.2, 0.25) is 0 Å². The molecule has 3 aromatic carbocycles. The van der Waals surface area contributed by atoms with Gasteiger partial charge in [0.1, 0.15) is 12.4 Å². The van der Waals surface area contributed by atoms with Gasteiger partial charge in [0.05, 0.1) is 29.4 Å². The molecule has 0 aliphatic rings. The Morgan fingerprint density at radius 2 is 1.80 bits per heavy atom. The minimum atomic E-state index is 0.330. The number of hydrogen-bond donors (Lipinski definition) is 0. The zero-order chi connectivity index (χ0) is 21.5. The summed E-state index contributed by atoms with van der Waals surface area (Å²) < 4.78 is 17.6. The lowest BCUT2D eigenvalue weighted by Gasteiger charge is -2.14. The van der Waals surface area contributed by atoms with Crippen molar-refractivity contribution in [2.45, 2.75) is 6.61 Å². The minimum Gasteiger partial charge on any atom is -0.497 e. The molecule has 0 saturated carbocycles. The molecule has 3 aromatic rings. The highest BCUT2D eigenvalue weighted by Gasteiger charge is 2.13. The Bertz CT molecular complexity index is 1100. The van der Waals surface area contributed by atoms with Crippen LogP contribution >= 0.6 is 34.2 Å². The molecular formula is C24H19ClINO3. The van der Waals surface area contributed by atoms with Crippen LogP contribution in [-0.2, 0) is 6.61 Å². The van der Waals surface area contributed by atoms with Gasteiger partial charge in [-0.3, -0.25) is 0 Å². The molecular weight excluding hydrogens is 513 g/mol. The van der Waals surface area contributed by atoms with Crippen LogP contribution < -0.4 is 14.2 Å². The Morgan fingerprint density at radius 3 is 2.43 bits per heavy atom. The van der Waals surface area contributed by atoms with E-state index in [4.69, 9.17) is 25.8 Å². The maximum atomic E-state index is 9.63. The van der Waals surface area contributed by atoms with Gasteiger partial charge in [-0.05, 0) is 82.3 Å². The summed E-state index contributed by atoms with van der Waals surface area (Å²) in [5.74, 6) is 1.97. The summed E-state index contributed by atoms with van der Waals surface area (Å²) in [7, 11) is 3.20. The highest BCUT2D eigenvalue weighted by atomic mass is 127. The van der Waals surface area contributed by atoms with E-state index in [2.05, 4.69) is 28.7 Å². The second-order valence-electron chi connectivity index (χ2n) is 6.31. The van der Waals surface area contributed by atoms with E-state index in [1.165, 1.54) is 0 Å². The molecule has 30 heavy (non-hydrogen) atoms. The highest BCUT2D eigenvalue weighted by molar-refractivity contribution is 14.1. The summed E-state index contributed by atoms with van der Waals surface area (Å²) in [6.07, 6.45) is 1.82. The summed E-state index contributed by atoms with van der Waals surface area (Å²) in [5.41, 5.74) is 3.09. The summed E-state index contributed by atoms with van der Waals surface area (Å²) in [4.78, 5) is 0. The van der Waals surface area contributed by atoms with Gasteiger partial charge >= 0.3 is 0 Å². The predicted molar refractivity (Wildman–Crippen MR) is 128 cm³/mol. The maximum absolute atomic E-state index is 9.63. The van der Waals surface area contributed by atoms with Crippen LogP contribution in [0, 0.1) is 14.9 Å². The molecule has 0 amide bonds. The van der Waals surface area contributed by atoms with E-state index >= 15 is 0 Å². The molecule has 0 unspecified atom stereocenters. The van der Waals surface area contributed by atoms with Crippen molar-refractivity contribution in [2.75, 3.05) is 14.2 Å². The van der Waals surface area contributed by atoms with Crippen molar-refractivity contribution < 1.29 is 14.2 Å². The van der Waals surface area contributed by atoms with E-state index in [0.717, 1.165) is 26.0 Å². The average molecular weight is 532 g/mol. The van der Waals surface area contributed by atoms with Crippen molar-refractivity contribution in [3.63, 3.8) is 0 Å². The van der Waals surface area contributed by atoms with Crippen molar-refractivity contribution >= 4 is 45.8 Å². The van der Waals surface area contributed by atoms with Crippen LogP contribution in [0.25, 0.3) is 11.6 Å². The fraction of sp³-hybridized carbons (Fsp3) is 0.125. The van der Waals surface area contributed by atoms with Crippen molar-refractivity contribution in [1.29, 1.82) is 5.26 Å². The van der Waals surface area contributed by atoms with Gasteiger partial charge in [-0.1, -0.05) is 29.8 Å². The molecule has 0 fully saturated rings. The molecule has 0 atom stereocenters. The lowest BCUT2D eigenvalue weighted by molar-refractivity contribution is 0.282. The molecule has 0 bridgehead atoms. The third-order valence-electron chi connectivity index (χ3n) is 4.41. The summed E-state index contributed by atoms with van der Waals surface area (Å²) in [6, 6.07) is 21.0. The van der Waals surface area contributed by atoms with E-state index in [0.29, 0.717) is 28.7 Å². The Hall–Kier alpha value is -2.69. The summed E-state index contributed by atoms with van der Waals surface area (Å²) in [6.45, 7) is 0.330. The molecule has 3 rings (SSSR count). The van der Waals surface area contributed by atoms with Gasteiger partial charge in [-0.15, -0.1) is 0 Å². The average Bonchev–Trinajstić information content (AvgIpc) is 2.77. The number of allylic oxidation sites excluding steroid dienone is 1. The lowest BCUT2D eigenvalue weighted by atomic mass is 10.0. The standard InChI is InChI=1S/C24H19ClINO3/c1-28-20-9-7-17(8-10-20)19(14-27)11-16-12-22(26)24(23(13-16)29-2)30-15-18-5-3-4-6-21(18)25/h3-13H,15H2,1-2H3/b19-11+. The molecule has 0 aromatic heterocycles. The zero-order valence-electron chi connectivity index (χ0n) is 16.5. The monoisotopic (exact) mass is 531 g/mol. The Balaban J connectivity index is 1.89. The van der Waals surface area contributed by atoms with E-state index in [-0.39, 0.29) is 0 Å². The number of nitriles is 1. The van der Waals surface area contributed by atoms with Crippen LogP contribution in [0.15, 0.2) is 60.7 Å². The van der Waals surface area contributed by atoms with Crippen molar-refractivity contribution in [1.82, 2.24) is 0 Å². The predicted octanol–water partition coefficient (Wildman–Crippen LogP) is 6.60. The van der Waals surface area contributed by atoms with E-state index < -0.39 is 0 Å². The number of nitrogens with zero attached hydrogens (tertiary/aromatic N) is 1. The van der Waals surface area contributed by atoms with Gasteiger partial charge in [0, 0.05) is 10.6 Å². The van der Waals surface area contributed by atoms with Gasteiger partial charge < -0.3 is 14.2 Å². The molecule has 0 aliphatic carbocycles. The second kappa shape index (κ2) is 10.4. The van der Waals surface area contributed by atoms with Gasteiger partial charge in [0.25, 0.3) is 0 Å². The molecule has 0 spiro atoms. The topological polar surface area (TPSA) is 51.5 Å². The first-order valence-electron chi connectivity index (χ1n) is 9.05. The third-order valence-corrected chi connectivity index (χ3v) is 5.58. The summed E-state index contributed by atoms with van der Waals surface area (Å²) in [5, 5.41) is 10.3. The number of methoxy groups -OCH3 is 2. The Morgan fingerprint density at radius 1 is 1.07 bits per heavy atom. The number of hydrogen-bond acceptors (Lipinski definition) is 4. The molecule has 0 aliphatic heterocycles. The van der Waals surface area contributed by atoms with Gasteiger partial charge in [-0.2, -0.15) is 5.26 Å². The number of rotatable bonds is 7. The molecule has 0 N–H and O–H groups in total. The second-order valence-corrected chi connectivity index (χ2v) is 7.88. The molecule has 0 saturated heterocycles. The first-order chi connectivity index (χ1) is 14.5. The molecule has 0 radical (unpaired) electrons.